The third-order valence-corrected chi connectivity index (χ3v) is 6.90. The number of carbonyl (C=O) groups excluding carboxylic acids is 1. The zero-order chi connectivity index (χ0) is 26.7. The van der Waals surface area contributed by atoms with Crippen molar-refractivity contribution >= 4 is 13.7 Å². The minimum Gasteiger partial charge on any atom is -0.462 e. The Morgan fingerprint density at radius 1 is 1.27 bits per heavy atom. The first-order valence-corrected chi connectivity index (χ1v) is 12.7. The van der Waals surface area contributed by atoms with Crippen molar-refractivity contribution in [1.82, 2.24) is 14.6 Å². The van der Waals surface area contributed by atoms with Gasteiger partial charge >= 0.3 is 19.4 Å². The molecule has 1 aromatic heterocycles. The lowest BCUT2D eigenvalue weighted by atomic mass is 9.98. The molecule has 37 heavy (non-hydrogen) atoms. The van der Waals surface area contributed by atoms with Gasteiger partial charge in [0.1, 0.15) is 24.0 Å². The number of hydrogen-bond acceptors (Lipinski definition) is 9. The monoisotopic (exact) mass is 547 g/mol. The number of hydrogen-bond donors (Lipinski definition) is 3. The summed E-state index contributed by atoms with van der Waals surface area (Å²) in [6, 6.07) is 7.86. The average molecular weight is 547 g/mol. The molecule has 0 bridgehead atoms. The Bertz CT molecular complexity index is 1220. The van der Waals surface area contributed by atoms with Crippen molar-refractivity contribution in [3.05, 3.63) is 63.4 Å². The highest BCUT2D eigenvalue weighted by Crippen LogP contribution is 2.47. The van der Waals surface area contributed by atoms with Gasteiger partial charge in [0.2, 0.25) is 0 Å². The highest BCUT2D eigenvalue weighted by Gasteiger charge is 2.55. The van der Waals surface area contributed by atoms with Crippen molar-refractivity contribution in [2.24, 2.45) is 0 Å². The molecule has 1 aromatic carbocycles. The molecule has 0 spiro atoms. The van der Waals surface area contributed by atoms with Crippen molar-refractivity contribution < 1.29 is 42.9 Å². The molecule has 0 amide bonds. The lowest BCUT2D eigenvalue weighted by Crippen LogP contribution is -2.43. The Hall–Kier alpha value is -2.87. The van der Waals surface area contributed by atoms with E-state index in [-0.39, 0.29) is 11.2 Å². The summed E-state index contributed by atoms with van der Waals surface area (Å²) < 4.78 is 51.4. The number of rotatable bonds is 10. The Morgan fingerprint density at radius 3 is 2.51 bits per heavy atom. The van der Waals surface area contributed by atoms with Crippen molar-refractivity contribution in [3.63, 3.8) is 0 Å². The molecule has 15 heteroatoms. The van der Waals surface area contributed by atoms with Gasteiger partial charge in [-0.05, 0) is 39.8 Å². The van der Waals surface area contributed by atoms with E-state index in [0.29, 0.717) is 0 Å². The number of esters is 1. The Balaban J connectivity index is 0.00000481. The van der Waals surface area contributed by atoms with Crippen molar-refractivity contribution in [2.45, 2.75) is 63.9 Å². The van der Waals surface area contributed by atoms with Crippen LogP contribution < -0.4 is 20.9 Å². The largest absolute Gasteiger partial charge is 0.462 e. The summed E-state index contributed by atoms with van der Waals surface area (Å²) in [4.78, 5) is 37.7. The second-order valence-corrected chi connectivity index (χ2v) is 10.4. The van der Waals surface area contributed by atoms with E-state index in [1.807, 2.05) is 4.98 Å². The second-order valence-electron chi connectivity index (χ2n) is 8.67. The maximum atomic E-state index is 15.4. The molecular weight excluding hydrogens is 516 g/mol. The Morgan fingerprint density at radius 2 is 1.92 bits per heavy atom. The molecule has 0 unspecified atom stereocenters. The number of nitrogens with zero attached hydrogens (tertiary/aromatic N) is 1. The molecule has 6 atom stereocenters. The van der Waals surface area contributed by atoms with E-state index < -0.39 is 67.8 Å². The van der Waals surface area contributed by atoms with E-state index in [1.54, 1.807) is 32.0 Å². The smallest absolute Gasteiger partial charge is 0.459 e. The number of benzene rings is 1. The number of ether oxygens (including phenoxy) is 2. The van der Waals surface area contributed by atoms with Gasteiger partial charge in [-0.1, -0.05) is 18.2 Å². The van der Waals surface area contributed by atoms with Gasteiger partial charge in [-0.15, -0.1) is 0 Å². The number of aliphatic hydroxyl groups excluding tert-OH is 1. The van der Waals surface area contributed by atoms with Crippen LogP contribution in [-0.2, 0) is 23.4 Å². The molecule has 0 saturated carbocycles. The number of aliphatic hydroxyl groups is 1. The first kappa shape index (κ1) is 30.4. The highest BCUT2D eigenvalue weighted by molar-refractivity contribution is 7.52. The molecule has 3 rings (SSSR count). The maximum absolute atomic E-state index is 15.4. The van der Waals surface area contributed by atoms with Crippen LogP contribution >= 0.6 is 7.75 Å². The van der Waals surface area contributed by atoms with Crippen LogP contribution in [0.3, 0.4) is 0 Å². The lowest BCUT2D eigenvalue weighted by molar-refractivity contribution is -0.149. The molecule has 2 aromatic rings. The van der Waals surface area contributed by atoms with Gasteiger partial charge in [0.25, 0.3) is 5.56 Å². The number of H-pyrrole nitrogens is 1. The van der Waals surface area contributed by atoms with Gasteiger partial charge in [0.15, 0.2) is 11.9 Å². The van der Waals surface area contributed by atoms with Crippen LogP contribution in [0, 0.1) is 0 Å². The number of alkyl halides is 1. The summed E-state index contributed by atoms with van der Waals surface area (Å²) in [6.07, 6.45) is -4.21. The van der Waals surface area contributed by atoms with E-state index >= 15 is 4.39 Å². The Labute approximate surface area is 211 Å². The molecule has 1 fully saturated rings. The van der Waals surface area contributed by atoms with Gasteiger partial charge in [-0.3, -0.25) is 23.7 Å². The lowest BCUT2D eigenvalue weighted by Gasteiger charge is -2.25. The average Bonchev–Trinajstić information content (AvgIpc) is 3.01. The SMILES string of the molecule is CC(C)OC(=O)[C@H](C)N[P@](=O)(OC[C@H]1O[C@@H](n2ccc(=O)[nH]c2=O)[C@](C)(F)[C@@H]1O)Oc1ccccc1.O. The van der Waals surface area contributed by atoms with E-state index in [2.05, 4.69) is 5.09 Å². The van der Waals surface area contributed by atoms with Gasteiger partial charge in [0.05, 0.1) is 12.7 Å². The third-order valence-electron chi connectivity index (χ3n) is 5.26. The van der Waals surface area contributed by atoms with Crippen LogP contribution in [0.2, 0.25) is 0 Å². The quantitative estimate of drug-likeness (QED) is 0.284. The minimum absolute atomic E-state index is 0. The van der Waals surface area contributed by atoms with E-state index in [9.17, 15) is 24.1 Å². The van der Waals surface area contributed by atoms with Gasteiger partial charge in [-0.2, -0.15) is 5.09 Å². The van der Waals surface area contributed by atoms with Crippen LogP contribution in [0.1, 0.15) is 33.9 Å². The number of carbonyl (C=O) groups is 1. The summed E-state index contributed by atoms with van der Waals surface area (Å²) in [5.41, 5.74) is -4.12. The summed E-state index contributed by atoms with van der Waals surface area (Å²) in [5, 5.41) is 13.0. The van der Waals surface area contributed by atoms with Gasteiger partial charge < -0.3 is 24.6 Å². The van der Waals surface area contributed by atoms with E-state index in [0.717, 1.165) is 23.8 Å². The topological polar surface area (TPSA) is 190 Å². The molecule has 5 N–H and O–H groups in total. The number of halogens is 1. The predicted molar refractivity (Wildman–Crippen MR) is 129 cm³/mol. The van der Waals surface area contributed by atoms with Gasteiger partial charge in [0, 0.05) is 12.3 Å². The molecule has 0 aliphatic carbocycles. The zero-order valence-electron chi connectivity index (χ0n) is 20.6. The van der Waals surface area contributed by atoms with Crippen LogP contribution in [0.25, 0.3) is 0 Å². The summed E-state index contributed by atoms with van der Waals surface area (Å²) in [7, 11) is -4.30. The van der Waals surface area contributed by atoms with E-state index in [1.165, 1.54) is 19.1 Å². The maximum Gasteiger partial charge on any atom is 0.459 e. The summed E-state index contributed by atoms with van der Waals surface area (Å²) in [6.45, 7) is 5.07. The molecule has 2 heterocycles. The zero-order valence-corrected chi connectivity index (χ0v) is 21.5. The van der Waals surface area contributed by atoms with Crippen LogP contribution in [0.15, 0.2) is 52.2 Å². The Kier molecular flexibility index (Phi) is 9.94. The third kappa shape index (κ3) is 7.34. The molecule has 13 nitrogen and oxygen atoms in total. The van der Waals surface area contributed by atoms with Gasteiger partial charge in [-0.25, -0.2) is 13.8 Å². The molecule has 1 saturated heterocycles. The summed E-state index contributed by atoms with van der Waals surface area (Å²) in [5.74, 6) is -0.560. The van der Waals surface area contributed by atoms with Crippen molar-refractivity contribution in [3.8, 4) is 5.75 Å². The van der Waals surface area contributed by atoms with Crippen molar-refractivity contribution in [1.29, 1.82) is 0 Å². The fourth-order valence-corrected chi connectivity index (χ4v) is 4.97. The summed E-state index contributed by atoms with van der Waals surface area (Å²) >= 11 is 0. The number of aromatic amines is 1. The molecular formula is C22H31FN3O10P. The molecule has 1 aliphatic heterocycles. The molecule has 206 valence electrons. The fourth-order valence-electron chi connectivity index (χ4n) is 3.47. The fraction of sp³-hybridized carbons (Fsp3) is 0.500. The highest BCUT2D eigenvalue weighted by atomic mass is 31.2. The van der Waals surface area contributed by atoms with Crippen LogP contribution in [-0.4, -0.2) is 62.7 Å². The number of aromatic nitrogens is 2. The van der Waals surface area contributed by atoms with Crippen molar-refractivity contribution in [2.75, 3.05) is 6.61 Å². The van der Waals surface area contributed by atoms with Crippen LogP contribution in [0.5, 0.6) is 5.75 Å². The predicted octanol–water partition coefficient (Wildman–Crippen LogP) is 0.832. The first-order valence-electron chi connectivity index (χ1n) is 11.1. The molecule has 1 aliphatic rings. The minimum atomic E-state index is -4.30. The molecule has 0 radical (unpaired) electrons. The van der Waals surface area contributed by atoms with Crippen LogP contribution in [0.4, 0.5) is 4.39 Å². The number of nitrogens with one attached hydrogen (secondary N) is 2. The standard InChI is InChI=1S/C22H29FN3O9P.H2O/c1-13(2)33-19(29)14(3)25-36(31,35-15-8-6-5-7-9-15)32-12-16-18(28)22(4,23)20(34-16)26-11-10-17(27)24-21(26)30;/h5-11,13-14,16,18,20,28H,12H2,1-4H3,(H,25,31)(H,24,27,30);1H2/t14-,16+,18+,20+,22+,36-;/m0./s1. The van der Waals surface area contributed by atoms with E-state index in [4.69, 9.17) is 18.5 Å². The first-order chi connectivity index (χ1) is 16.8. The second kappa shape index (κ2) is 12.1. The normalized spacial score (nSPS) is 25.6. The number of para-hydroxylation sites is 1.